The first kappa shape index (κ1) is 30.4. The molecule has 0 aliphatic carbocycles. The van der Waals surface area contributed by atoms with E-state index in [1.54, 1.807) is 48.5 Å². The number of hydrogen-bond donors (Lipinski definition) is 0. The normalized spacial score (nSPS) is 14.3. The van der Waals surface area contributed by atoms with Crippen LogP contribution in [0.15, 0.2) is 48.5 Å². The number of hydrogen-bond acceptors (Lipinski definition) is 11. The molecule has 0 radical (unpaired) electrons. The van der Waals surface area contributed by atoms with Gasteiger partial charge in [-0.05, 0) is 24.3 Å². The molecule has 0 atom stereocenters. The third kappa shape index (κ3) is 8.24. The number of rotatable bonds is 20. The Morgan fingerprint density at radius 1 is 0.366 bits per heavy atom. The summed E-state index contributed by atoms with van der Waals surface area (Å²) in [5.74, 6) is -1.90. The lowest BCUT2D eigenvalue weighted by molar-refractivity contribution is -0.108. The Bertz CT molecular complexity index is 1040. The van der Waals surface area contributed by atoms with Crippen molar-refractivity contribution in [3.63, 3.8) is 0 Å². The molecule has 13 nitrogen and oxygen atoms in total. The molecule has 2 aromatic rings. The average Bonchev–Trinajstić information content (AvgIpc) is 3.38. The van der Waals surface area contributed by atoms with Gasteiger partial charge >= 0.3 is 0 Å². The largest absolute Gasteiger partial charge is 0.377 e. The molecule has 41 heavy (non-hydrogen) atoms. The van der Waals surface area contributed by atoms with Gasteiger partial charge in [0.2, 0.25) is 0 Å². The van der Waals surface area contributed by atoms with Crippen molar-refractivity contribution in [1.29, 1.82) is 0 Å². The second-order valence-electron chi connectivity index (χ2n) is 8.63. The van der Waals surface area contributed by atoms with Crippen LogP contribution < -0.4 is 0 Å². The first-order valence-corrected chi connectivity index (χ1v) is 13.2. The Morgan fingerprint density at radius 2 is 0.585 bits per heavy atom. The van der Waals surface area contributed by atoms with Gasteiger partial charge in [0, 0.05) is 0 Å². The number of carbonyl (C=O) groups is 4. The molecule has 2 aliphatic rings. The first-order valence-electron chi connectivity index (χ1n) is 13.2. The van der Waals surface area contributed by atoms with Crippen molar-refractivity contribution in [2.45, 2.75) is 0 Å². The number of hydroxylamine groups is 4. The van der Waals surface area contributed by atoms with Crippen LogP contribution >= 0.6 is 0 Å². The Balaban J connectivity index is 0.878. The summed E-state index contributed by atoms with van der Waals surface area (Å²) in [7, 11) is 0. The summed E-state index contributed by atoms with van der Waals surface area (Å²) in [5.41, 5.74) is 1.32. The van der Waals surface area contributed by atoms with Crippen molar-refractivity contribution in [2.75, 3.05) is 79.3 Å². The highest BCUT2D eigenvalue weighted by Crippen LogP contribution is 2.23. The molecular formula is C28H32N2O11. The molecule has 220 valence electrons. The van der Waals surface area contributed by atoms with Gasteiger partial charge in [-0.2, -0.15) is 0 Å². The lowest BCUT2D eigenvalue weighted by atomic mass is 10.1. The summed E-state index contributed by atoms with van der Waals surface area (Å²) in [4.78, 5) is 59.2. The summed E-state index contributed by atoms with van der Waals surface area (Å²) < 4.78 is 27.0. The minimum Gasteiger partial charge on any atom is -0.377 e. The second-order valence-corrected chi connectivity index (χ2v) is 8.63. The Labute approximate surface area is 236 Å². The van der Waals surface area contributed by atoms with E-state index in [0.717, 1.165) is 10.1 Å². The standard InChI is InChI=1S/C28H32N2O11/c31-25-21-5-1-2-6-22(21)26(32)29(25)40-19-17-38-15-13-36-11-9-35-10-12-37-14-16-39-18-20-41-30-27(33)23-7-3-4-8-24(23)28(30)34/h1-8H,9-20H2. The summed E-state index contributed by atoms with van der Waals surface area (Å²) in [6.45, 7) is 3.50. The summed E-state index contributed by atoms with van der Waals surface area (Å²) in [6, 6.07) is 13.1. The molecule has 0 bridgehead atoms. The SMILES string of the molecule is O=C1c2ccccc2C(=O)N1OCCOCCOCCOCCOCCOCCON1C(=O)c2ccccc2C1=O. The molecule has 0 saturated carbocycles. The number of imide groups is 2. The zero-order valence-corrected chi connectivity index (χ0v) is 22.5. The average molecular weight is 573 g/mol. The van der Waals surface area contributed by atoms with Crippen molar-refractivity contribution in [3.8, 4) is 0 Å². The summed E-state index contributed by atoms with van der Waals surface area (Å²) in [5, 5.41) is 1.52. The Morgan fingerprint density at radius 3 is 0.829 bits per heavy atom. The van der Waals surface area contributed by atoms with E-state index in [4.69, 9.17) is 33.4 Å². The quantitative estimate of drug-likeness (QED) is 0.169. The second kappa shape index (κ2) is 16.0. The maximum absolute atomic E-state index is 12.2. The molecular weight excluding hydrogens is 540 g/mol. The molecule has 4 amide bonds. The Kier molecular flexibility index (Phi) is 11.9. The number of fused-ring (bicyclic) bond motifs is 2. The highest BCUT2D eigenvalue weighted by molar-refractivity contribution is 6.21. The minimum atomic E-state index is -0.475. The number of ether oxygens (including phenoxy) is 5. The molecule has 0 N–H and O–H groups in total. The van der Waals surface area contributed by atoms with E-state index in [1.807, 2.05) is 0 Å². The molecule has 2 aliphatic heterocycles. The third-order valence-electron chi connectivity index (χ3n) is 5.90. The smallest absolute Gasteiger partial charge is 0.285 e. The molecule has 4 rings (SSSR count). The maximum atomic E-state index is 12.2. The van der Waals surface area contributed by atoms with E-state index in [0.29, 0.717) is 75.1 Å². The van der Waals surface area contributed by atoms with Crippen LogP contribution in [0, 0.1) is 0 Å². The van der Waals surface area contributed by atoms with Crippen LogP contribution in [-0.2, 0) is 33.4 Å². The lowest BCUT2D eigenvalue weighted by Crippen LogP contribution is -2.31. The predicted octanol–water partition coefficient (Wildman–Crippen LogP) is 1.53. The van der Waals surface area contributed by atoms with Gasteiger partial charge in [0.05, 0.1) is 102 Å². The van der Waals surface area contributed by atoms with Crippen LogP contribution in [0.4, 0.5) is 0 Å². The van der Waals surface area contributed by atoms with Gasteiger partial charge in [-0.1, -0.05) is 24.3 Å². The highest BCUT2D eigenvalue weighted by atomic mass is 16.7. The van der Waals surface area contributed by atoms with E-state index in [2.05, 4.69) is 0 Å². The predicted molar refractivity (Wildman–Crippen MR) is 140 cm³/mol. The van der Waals surface area contributed by atoms with Gasteiger partial charge in [0.25, 0.3) is 23.6 Å². The van der Waals surface area contributed by atoms with Crippen LogP contribution in [0.3, 0.4) is 0 Å². The van der Waals surface area contributed by atoms with E-state index >= 15 is 0 Å². The molecule has 0 aromatic heterocycles. The van der Waals surface area contributed by atoms with Crippen molar-refractivity contribution >= 4 is 23.6 Å². The molecule has 0 unspecified atom stereocenters. The van der Waals surface area contributed by atoms with Crippen molar-refractivity contribution in [2.24, 2.45) is 0 Å². The van der Waals surface area contributed by atoms with Gasteiger partial charge in [0.1, 0.15) is 0 Å². The van der Waals surface area contributed by atoms with Gasteiger partial charge < -0.3 is 23.7 Å². The van der Waals surface area contributed by atoms with Gasteiger partial charge in [-0.25, -0.2) is 0 Å². The molecule has 2 aromatic carbocycles. The molecule has 0 saturated heterocycles. The van der Waals surface area contributed by atoms with Crippen molar-refractivity contribution < 1.29 is 52.5 Å². The van der Waals surface area contributed by atoms with E-state index in [1.165, 1.54) is 0 Å². The minimum absolute atomic E-state index is 0.0588. The number of benzene rings is 2. The van der Waals surface area contributed by atoms with E-state index < -0.39 is 23.6 Å². The zero-order chi connectivity index (χ0) is 28.9. The molecule has 0 spiro atoms. The van der Waals surface area contributed by atoms with E-state index in [-0.39, 0.29) is 26.4 Å². The van der Waals surface area contributed by atoms with E-state index in [9.17, 15) is 19.2 Å². The molecule has 13 heteroatoms. The fourth-order valence-corrected chi connectivity index (χ4v) is 3.93. The van der Waals surface area contributed by atoms with Gasteiger partial charge in [-0.15, -0.1) is 10.1 Å². The van der Waals surface area contributed by atoms with Crippen LogP contribution in [-0.4, -0.2) is 113 Å². The van der Waals surface area contributed by atoms with Crippen molar-refractivity contribution in [3.05, 3.63) is 70.8 Å². The fourth-order valence-electron chi connectivity index (χ4n) is 3.93. The summed E-state index contributed by atoms with van der Waals surface area (Å²) in [6.07, 6.45) is 0. The topological polar surface area (TPSA) is 139 Å². The van der Waals surface area contributed by atoms with Gasteiger partial charge in [-0.3, -0.25) is 28.9 Å². The summed E-state index contributed by atoms with van der Waals surface area (Å²) >= 11 is 0. The highest BCUT2D eigenvalue weighted by Gasteiger charge is 2.37. The maximum Gasteiger partial charge on any atom is 0.285 e. The van der Waals surface area contributed by atoms with Crippen LogP contribution in [0.5, 0.6) is 0 Å². The number of nitrogens with zero attached hydrogens (tertiary/aromatic N) is 2. The lowest BCUT2D eigenvalue weighted by Gasteiger charge is -2.13. The third-order valence-corrected chi connectivity index (χ3v) is 5.90. The van der Waals surface area contributed by atoms with Crippen LogP contribution in [0.2, 0.25) is 0 Å². The van der Waals surface area contributed by atoms with Gasteiger partial charge in [0.15, 0.2) is 0 Å². The Hall–Kier alpha value is -3.56. The molecule has 2 heterocycles. The zero-order valence-electron chi connectivity index (χ0n) is 22.5. The monoisotopic (exact) mass is 572 g/mol. The van der Waals surface area contributed by atoms with Crippen LogP contribution in [0.25, 0.3) is 0 Å². The van der Waals surface area contributed by atoms with Crippen LogP contribution in [0.1, 0.15) is 41.4 Å². The number of amides is 4. The van der Waals surface area contributed by atoms with Crippen molar-refractivity contribution in [1.82, 2.24) is 10.1 Å². The first-order chi connectivity index (χ1) is 20.1. The molecule has 0 fully saturated rings. The number of carbonyl (C=O) groups excluding carboxylic acids is 4. The fraction of sp³-hybridized carbons (Fsp3) is 0.429.